The number of para-hydroxylation sites is 1. The fraction of sp³-hybridized carbons (Fsp3) is 0.118. The van der Waals surface area contributed by atoms with Gasteiger partial charge in [-0.15, -0.1) is 0 Å². The molecule has 0 bridgehead atoms. The van der Waals surface area contributed by atoms with E-state index in [9.17, 15) is 22.8 Å². The summed E-state index contributed by atoms with van der Waals surface area (Å²) in [6.45, 7) is -1.77. The summed E-state index contributed by atoms with van der Waals surface area (Å²) in [4.78, 5) is 24.3. The highest BCUT2D eigenvalue weighted by Gasteiger charge is 2.30. The summed E-state index contributed by atoms with van der Waals surface area (Å²) < 4.78 is 40.9. The van der Waals surface area contributed by atoms with Gasteiger partial charge in [0.1, 0.15) is 0 Å². The lowest BCUT2D eigenvalue weighted by Crippen LogP contribution is -2.35. The van der Waals surface area contributed by atoms with Crippen molar-refractivity contribution in [3.63, 3.8) is 0 Å². The number of anilines is 1. The molecule has 0 saturated carbocycles. The van der Waals surface area contributed by atoms with E-state index in [-0.39, 0.29) is 32.0 Å². The molecule has 0 heterocycles. The van der Waals surface area contributed by atoms with Gasteiger partial charge < -0.3 is 10.1 Å². The fourth-order valence-electron chi connectivity index (χ4n) is 2.02. The topological polar surface area (TPSA) is 67.4 Å². The lowest BCUT2D eigenvalue weighted by molar-refractivity contribution is -0.161. The number of amides is 1. The second kappa shape index (κ2) is 9.22. The molecular formula is C17H11Cl2F3N2O3S. The number of hydrogen-bond acceptors (Lipinski definition) is 4. The first-order valence-electron chi connectivity index (χ1n) is 7.48. The number of alkyl halides is 3. The number of ether oxygens (including phenoxy) is 1. The summed E-state index contributed by atoms with van der Waals surface area (Å²) in [7, 11) is 0. The van der Waals surface area contributed by atoms with Crippen LogP contribution in [0.4, 0.5) is 18.9 Å². The Morgan fingerprint density at radius 2 is 1.57 bits per heavy atom. The first-order chi connectivity index (χ1) is 13.1. The zero-order valence-electron chi connectivity index (χ0n) is 13.8. The number of halogens is 5. The van der Waals surface area contributed by atoms with Crippen LogP contribution in [-0.2, 0) is 4.74 Å². The molecule has 2 N–H and O–H groups in total. The van der Waals surface area contributed by atoms with Crippen LogP contribution in [-0.4, -0.2) is 29.8 Å². The second-order valence-electron chi connectivity index (χ2n) is 5.24. The smallest absolute Gasteiger partial charge is 0.422 e. The van der Waals surface area contributed by atoms with Crippen molar-refractivity contribution in [1.82, 2.24) is 5.32 Å². The van der Waals surface area contributed by atoms with Crippen molar-refractivity contribution in [2.75, 3.05) is 11.9 Å². The number of nitrogens with one attached hydrogen (secondary N) is 2. The Balaban J connectivity index is 2.12. The predicted octanol–water partition coefficient (Wildman–Crippen LogP) is 4.84. The number of carbonyl (C=O) groups excluding carboxylic acids is 2. The quantitative estimate of drug-likeness (QED) is 0.515. The van der Waals surface area contributed by atoms with Gasteiger partial charge in [-0.3, -0.25) is 10.1 Å². The highest BCUT2D eigenvalue weighted by atomic mass is 35.5. The van der Waals surface area contributed by atoms with Gasteiger partial charge in [-0.2, -0.15) is 13.2 Å². The van der Waals surface area contributed by atoms with Gasteiger partial charge in [0.15, 0.2) is 11.7 Å². The van der Waals surface area contributed by atoms with Gasteiger partial charge in [-0.05, 0) is 36.5 Å². The maximum Gasteiger partial charge on any atom is 0.422 e. The Hall–Kier alpha value is -2.36. The van der Waals surface area contributed by atoms with Crippen LogP contribution < -0.4 is 10.6 Å². The van der Waals surface area contributed by atoms with Crippen molar-refractivity contribution in [2.24, 2.45) is 0 Å². The maximum atomic E-state index is 12.4. The van der Waals surface area contributed by atoms with Crippen LogP contribution in [0.3, 0.4) is 0 Å². The maximum absolute atomic E-state index is 12.4. The van der Waals surface area contributed by atoms with Crippen molar-refractivity contribution in [3.05, 3.63) is 63.6 Å². The highest BCUT2D eigenvalue weighted by molar-refractivity contribution is 7.80. The van der Waals surface area contributed by atoms with E-state index in [2.05, 4.69) is 15.4 Å². The van der Waals surface area contributed by atoms with Crippen LogP contribution in [0.25, 0.3) is 0 Å². The Kier molecular flexibility index (Phi) is 7.22. The minimum Gasteiger partial charge on any atom is -0.452 e. The van der Waals surface area contributed by atoms with Crippen LogP contribution in [0.1, 0.15) is 20.7 Å². The van der Waals surface area contributed by atoms with E-state index in [1.807, 2.05) is 0 Å². The summed E-state index contributed by atoms with van der Waals surface area (Å²) in [5, 5.41) is 5.26. The third-order valence-corrected chi connectivity index (χ3v) is 4.02. The van der Waals surface area contributed by atoms with Gasteiger partial charge in [0.25, 0.3) is 5.91 Å². The zero-order valence-corrected chi connectivity index (χ0v) is 16.1. The average molecular weight is 451 g/mol. The average Bonchev–Trinajstić information content (AvgIpc) is 2.62. The molecule has 5 nitrogen and oxygen atoms in total. The van der Waals surface area contributed by atoms with Crippen LogP contribution in [0.15, 0.2) is 42.5 Å². The van der Waals surface area contributed by atoms with Gasteiger partial charge in [-0.1, -0.05) is 41.4 Å². The Morgan fingerprint density at radius 1 is 1.00 bits per heavy atom. The molecule has 0 saturated heterocycles. The Bertz CT molecular complexity index is 903. The lowest BCUT2D eigenvalue weighted by atomic mass is 10.1. The molecule has 2 aromatic carbocycles. The minimum absolute atomic E-state index is 0.182. The standard InChI is InChI=1S/C17H11Cl2F3N2O3S/c18-11-6-3-7-12(19)13(11)23-16(28)24-14(25)9-4-1-2-5-10(9)15(26)27-8-17(20,21)22/h1-7H,8H2,(H2,23,24,25,28). The number of esters is 1. The van der Waals surface area contributed by atoms with Gasteiger partial charge >= 0.3 is 12.1 Å². The molecule has 2 aromatic rings. The number of thiocarbonyl (C=S) groups is 1. The number of hydrogen-bond donors (Lipinski definition) is 2. The van der Waals surface area contributed by atoms with Crippen molar-refractivity contribution >= 4 is 58.1 Å². The molecule has 11 heteroatoms. The first-order valence-corrected chi connectivity index (χ1v) is 8.64. The van der Waals surface area contributed by atoms with Gasteiger partial charge in [0.2, 0.25) is 0 Å². The van der Waals surface area contributed by atoms with Crippen molar-refractivity contribution in [1.29, 1.82) is 0 Å². The largest absolute Gasteiger partial charge is 0.452 e. The molecule has 0 unspecified atom stereocenters. The van der Waals surface area contributed by atoms with Crippen LogP contribution >= 0.6 is 35.4 Å². The molecule has 0 radical (unpaired) electrons. The van der Waals surface area contributed by atoms with Crippen molar-refractivity contribution < 1.29 is 27.5 Å². The molecule has 1 amide bonds. The van der Waals surface area contributed by atoms with Crippen LogP contribution in [0.2, 0.25) is 10.0 Å². The molecule has 0 aliphatic heterocycles. The summed E-state index contributed by atoms with van der Waals surface area (Å²) in [5.41, 5.74) is -0.305. The zero-order chi connectivity index (χ0) is 20.9. The highest BCUT2D eigenvalue weighted by Crippen LogP contribution is 2.29. The number of rotatable bonds is 4. The molecule has 0 aliphatic rings. The number of benzene rings is 2. The fourth-order valence-corrected chi connectivity index (χ4v) is 2.70. The summed E-state index contributed by atoms with van der Waals surface area (Å²) >= 11 is 17.0. The summed E-state index contributed by atoms with van der Waals surface area (Å²) in [5.74, 6) is -2.13. The molecule has 0 spiro atoms. The van der Waals surface area contributed by atoms with Gasteiger partial charge in [-0.25, -0.2) is 4.79 Å². The minimum atomic E-state index is -4.69. The molecule has 0 atom stereocenters. The molecule has 148 valence electrons. The van der Waals surface area contributed by atoms with E-state index in [0.717, 1.165) is 6.07 Å². The van der Waals surface area contributed by atoms with Crippen molar-refractivity contribution in [3.8, 4) is 0 Å². The molecule has 0 fully saturated rings. The van der Waals surface area contributed by atoms with E-state index in [4.69, 9.17) is 35.4 Å². The normalized spacial score (nSPS) is 10.9. The van der Waals surface area contributed by atoms with E-state index in [1.54, 1.807) is 18.2 Å². The lowest BCUT2D eigenvalue weighted by Gasteiger charge is -2.14. The Labute approximate surface area is 172 Å². The van der Waals surface area contributed by atoms with E-state index < -0.39 is 24.7 Å². The predicted molar refractivity (Wildman–Crippen MR) is 103 cm³/mol. The van der Waals surface area contributed by atoms with E-state index >= 15 is 0 Å². The van der Waals surface area contributed by atoms with Crippen LogP contribution in [0, 0.1) is 0 Å². The third-order valence-electron chi connectivity index (χ3n) is 3.19. The van der Waals surface area contributed by atoms with Gasteiger partial charge in [0, 0.05) is 0 Å². The summed E-state index contributed by atoms with van der Waals surface area (Å²) in [6, 6.07) is 9.91. The number of carbonyl (C=O) groups is 2. The first kappa shape index (κ1) is 21.9. The second-order valence-corrected chi connectivity index (χ2v) is 6.46. The van der Waals surface area contributed by atoms with Crippen LogP contribution in [0.5, 0.6) is 0 Å². The van der Waals surface area contributed by atoms with E-state index in [0.29, 0.717) is 0 Å². The molecule has 28 heavy (non-hydrogen) atoms. The molecule has 2 rings (SSSR count). The molecule has 0 aromatic heterocycles. The monoisotopic (exact) mass is 450 g/mol. The van der Waals surface area contributed by atoms with Gasteiger partial charge in [0.05, 0.1) is 26.9 Å². The third kappa shape index (κ3) is 6.08. The molecular weight excluding hydrogens is 440 g/mol. The SMILES string of the molecule is O=C(NC(=S)Nc1c(Cl)cccc1Cl)c1ccccc1C(=O)OCC(F)(F)F. The molecule has 0 aliphatic carbocycles. The van der Waals surface area contributed by atoms with E-state index in [1.165, 1.54) is 18.2 Å². The Morgan fingerprint density at radius 3 is 2.14 bits per heavy atom. The summed E-state index contributed by atoms with van der Waals surface area (Å²) in [6.07, 6.45) is -4.69. The van der Waals surface area contributed by atoms with Crippen molar-refractivity contribution in [2.45, 2.75) is 6.18 Å².